The minimum Gasteiger partial charge on any atom is -0.497 e. The van der Waals surface area contributed by atoms with Crippen molar-refractivity contribution in [1.29, 1.82) is 0 Å². The third-order valence-corrected chi connectivity index (χ3v) is 7.33. The number of carbonyl (C=O) groups is 4. The fourth-order valence-electron chi connectivity index (χ4n) is 4.64. The maximum atomic E-state index is 13.0. The summed E-state index contributed by atoms with van der Waals surface area (Å²) in [5.41, 5.74) is 0.00775. The third kappa shape index (κ3) is 9.11. The topological polar surface area (TPSA) is 137 Å². The van der Waals surface area contributed by atoms with E-state index in [1.165, 1.54) is 13.8 Å². The molecule has 49 heavy (non-hydrogen) atoms. The van der Waals surface area contributed by atoms with Crippen LogP contribution in [0, 0.1) is 5.41 Å². The molecule has 5 rings (SSSR count). The molecule has 0 fully saturated rings. The minimum absolute atomic E-state index is 0.136. The van der Waals surface area contributed by atoms with Crippen molar-refractivity contribution in [3.05, 3.63) is 138 Å². The van der Waals surface area contributed by atoms with Crippen LogP contribution in [0.2, 0.25) is 0 Å². The van der Waals surface area contributed by atoms with Crippen LogP contribution in [0.4, 0.5) is 4.79 Å². The van der Waals surface area contributed by atoms with Crippen molar-refractivity contribution >= 4 is 23.7 Å². The number of Topliss-reactive ketones (excluding diaryl/α,β-unsaturated/α-hetero) is 1. The Morgan fingerprint density at radius 2 is 0.816 bits per heavy atom. The quantitative estimate of drug-likeness (QED) is 0.0699. The first-order valence-electron chi connectivity index (χ1n) is 15.1. The summed E-state index contributed by atoms with van der Waals surface area (Å²) >= 11 is 0. The van der Waals surface area contributed by atoms with E-state index in [4.69, 9.17) is 18.9 Å². The van der Waals surface area contributed by atoms with Gasteiger partial charge in [0.2, 0.25) is 5.97 Å². The Hall–Kier alpha value is -6.42. The molecular weight excluding hydrogens is 628 g/mol. The van der Waals surface area contributed by atoms with E-state index in [1.807, 2.05) is 0 Å². The van der Waals surface area contributed by atoms with Gasteiger partial charge in [-0.15, -0.1) is 0 Å². The Balaban J connectivity index is 1.12. The smallest absolute Gasteiger partial charge is 0.259 e. The zero-order valence-corrected chi connectivity index (χ0v) is 26.8. The highest BCUT2D eigenvalue weighted by Gasteiger charge is 2.30. The molecule has 10 heteroatoms. The van der Waals surface area contributed by atoms with Gasteiger partial charge < -0.3 is 33.6 Å². The highest BCUT2D eigenvalue weighted by Crippen LogP contribution is 2.30. The van der Waals surface area contributed by atoms with Crippen molar-refractivity contribution in [3.63, 3.8) is 0 Å². The fourth-order valence-corrected chi connectivity index (χ4v) is 4.64. The van der Waals surface area contributed by atoms with E-state index in [-0.39, 0.29) is 18.0 Å². The second-order valence-electron chi connectivity index (χ2n) is 11.5. The number of hydrogen-bond acceptors (Lipinski definition) is 10. The first kappa shape index (κ1) is 33.9. The Bertz CT molecular complexity index is 1930. The van der Waals surface area contributed by atoms with E-state index >= 15 is 0 Å². The maximum Gasteiger partial charge on any atom is 0.259 e. The average molecular weight is 660 g/mol. The molecule has 5 aromatic carbocycles. The number of hydrogen-bond donors (Lipinski definition) is 0. The van der Waals surface area contributed by atoms with Gasteiger partial charge >= 0.3 is 0 Å². The molecule has 0 aromatic heterocycles. The second kappa shape index (κ2) is 15.0. The molecule has 0 radical (unpaired) electrons. The molecule has 5 aromatic rings. The number of ketones is 2. The summed E-state index contributed by atoms with van der Waals surface area (Å²) in [5, 5.41) is 10.6. The van der Waals surface area contributed by atoms with Crippen molar-refractivity contribution in [2.24, 2.45) is 5.41 Å². The molecule has 0 saturated heterocycles. The molecule has 0 N–H and O–H groups in total. The monoisotopic (exact) mass is 659 g/mol. The number of esters is 1. The van der Waals surface area contributed by atoms with Crippen molar-refractivity contribution < 1.29 is 48.0 Å². The van der Waals surface area contributed by atoms with Crippen molar-refractivity contribution in [2.45, 2.75) is 20.3 Å². The lowest BCUT2D eigenvalue weighted by Crippen LogP contribution is -2.35. The van der Waals surface area contributed by atoms with E-state index in [0.29, 0.717) is 51.2 Å². The van der Waals surface area contributed by atoms with Gasteiger partial charge in [0.1, 0.15) is 40.2 Å². The summed E-state index contributed by atoms with van der Waals surface area (Å²) in [6.07, 6.45) is -2.22. The average Bonchev–Trinajstić information content (AvgIpc) is 3.09. The van der Waals surface area contributed by atoms with Crippen LogP contribution in [0.5, 0.6) is 40.2 Å². The molecule has 0 aliphatic carbocycles. The van der Waals surface area contributed by atoms with Crippen molar-refractivity contribution in [1.82, 2.24) is 0 Å². The van der Waals surface area contributed by atoms with Gasteiger partial charge in [0, 0.05) is 23.1 Å². The Morgan fingerprint density at radius 1 is 0.510 bits per heavy atom. The number of carbonyl (C=O) groups excluding carboxylic acids is 4. The predicted molar refractivity (Wildman–Crippen MR) is 177 cm³/mol. The molecule has 10 nitrogen and oxygen atoms in total. The summed E-state index contributed by atoms with van der Waals surface area (Å²) in [7, 11) is 1.60. The molecule has 0 atom stereocenters. The molecule has 0 amide bonds. The summed E-state index contributed by atoms with van der Waals surface area (Å²) in [6.45, 7) is 2.83. The largest absolute Gasteiger partial charge is 0.497 e. The maximum absolute atomic E-state index is 13.0. The fraction of sp³-hybridized carbons (Fsp3) is 0.128. The first-order chi connectivity index (χ1) is 23.5. The lowest BCUT2D eigenvalue weighted by atomic mass is 9.85. The SMILES string of the molecule is COc1ccc(Oc2ccc(C(=O)c3ccc(Oc4ccc(Oc5ccc(C(=O)CC(C)(C)C(=O)OC(=O)[O-])cc5)cc4)cc3)cc2)cc1. The van der Waals surface area contributed by atoms with Crippen molar-refractivity contribution in [3.8, 4) is 40.2 Å². The highest BCUT2D eigenvalue weighted by molar-refractivity contribution is 6.09. The van der Waals surface area contributed by atoms with E-state index in [1.54, 1.807) is 128 Å². The van der Waals surface area contributed by atoms with Crippen molar-refractivity contribution in [2.75, 3.05) is 7.11 Å². The van der Waals surface area contributed by atoms with Crippen LogP contribution in [-0.4, -0.2) is 30.8 Å². The number of benzene rings is 5. The van der Waals surface area contributed by atoms with Gasteiger partial charge in [-0.25, -0.2) is 0 Å². The van der Waals surface area contributed by atoms with Gasteiger partial charge in [0.05, 0.1) is 12.5 Å². The first-order valence-corrected chi connectivity index (χ1v) is 15.1. The van der Waals surface area contributed by atoms with Gasteiger partial charge in [0.15, 0.2) is 11.6 Å². The molecule has 0 bridgehead atoms. The molecule has 248 valence electrons. The summed E-state index contributed by atoms with van der Waals surface area (Å²) in [4.78, 5) is 48.2. The molecule has 0 spiro atoms. The van der Waals surface area contributed by atoms with Crippen LogP contribution in [0.1, 0.15) is 46.5 Å². The van der Waals surface area contributed by atoms with Crippen LogP contribution < -0.4 is 24.1 Å². The summed E-state index contributed by atoms with van der Waals surface area (Å²) < 4.78 is 26.9. The zero-order valence-electron chi connectivity index (χ0n) is 26.8. The second-order valence-corrected chi connectivity index (χ2v) is 11.5. The van der Waals surface area contributed by atoms with Gasteiger partial charge in [0.25, 0.3) is 6.16 Å². The zero-order chi connectivity index (χ0) is 35.0. The Kier molecular flexibility index (Phi) is 10.4. The van der Waals surface area contributed by atoms with E-state index < -0.39 is 17.5 Å². The predicted octanol–water partition coefficient (Wildman–Crippen LogP) is 7.79. The van der Waals surface area contributed by atoms with Gasteiger partial charge in [-0.3, -0.25) is 14.4 Å². The van der Waals surface area contributed by atoms with Crippen LogP contribution in [0.3, 0.4) is 0 Å². The summed E-state index contributed by atoms with van der Waals surface area (Å²) in [6, 6.07) is 34.2. The number of rotatable bonds is 13. The number of methoxy groups -OCH3 is 1. The van der Waals surface area contributed by atoms with Gasteiger partial charge in [-0.2, -0.15) is 0 Å². The number of ether oxygens (including phenoxy) is 5. The molecule has 0 saturated carbocycles. The third-order valence-electron chi connectivity index (χ3n) is 7.33. The molecule has 0 unspecified atom stereocenters. The van der Waals surface area contributed by atoms with Gasteiger partial charge in [-0.1, -0.05) is 13.8 Å². The van der Waals surface area contributed by atoms with Crippen LogP contribution in [0.15, 0.2) is 121 Å². The molecule has 0 heterocycles. The Morgan fingerprint density at radius 3 is 1.14 bits per heavy atom. The van der Waals surface area contributed by atoms with Crippen LogP contribution in [0.25, 0.3) is 0 Å². The molecule has 0 aliphatic rings. The lowest BCUT2D eigenvalue weighted by Gasteiger charge is -2.23. The molecule has 0 aliphatic heterocycles. The van der Waals surface area contributed by atoms with E-state index in [2.05, 4.69) is 4.74 Å². The Labute approximate surface area is 282 Å². The normalized spacial score (nSPS) is 10.8. The van der Waals surface area contributed by atoms with E-state index in [9.17, 15) is 24.3 Å². The minimum atomic E-state index is -1.97. The number of carboxylic acid groups (broad SMARTS) is 1. The lowest BCUT2D eigenvalue weighted by molar-refractivity contribution is -0.280. The standard InChI is InChI=1S/C39H32O10/c1-39(2,37(42)49-38(43)44)24-35(40)25-4-10-29(11-5-25)46-33-20-22-34(23-21-33)48-31-14-8-27(9-15-31)36(41)26-6-12-30(13-7-26)47-32-18-16-28(45-3)17-19-32/h4-23H,24H2,1-3H3,(H,43,44)/p-1. The van der Waals surface area contributed by atoms with Gasteiger partial charge in [-0.05, 0) is 121 Å². The van der Waals surface area contributed by atoms with E-state index in [0.717, 1.165) is 5.75 Å². The molecular formula is C39H31O10-. The van der Waals surface area contributed by atoms with Crippen LogP contribution in [-0.2, 0) is 9.53 Å². The highest BCUT2D eigenvalue weighted by atomic mass is 16.7. The van der Waals surface area contributed by atoms with Crippen LogP contribution >= 0.6 is 0 Å². The summed E-state index contributed by atoms with van der Waals surface area (Å²) in [5.74, 6) is 2.53.